The van der Waals surface area contributed by atoms with Crippen molar-refractivity contribution in [2.45, 2.75) is 18.9 Å². The Bertz CT molecular complexity index is 503. The van der Waals surface area contributed by atoms with E-state index in [1.54, 1.807) is 6.07 Å². The number of benzene rings is 1. The summed E-state index contributed by atoms with van der Waals surface area (Å²) in [6, 6.07) is 3.72. The first-order chi connectivity index (χ1) is 8.50. The van der Waals surface area contributed by atoms with E-state index in [1.807, 2.05) is 0 Å². The van der Waals surface area contributed by atoms with Crippen molar-refractivity contribution in [1.29, 1.82) is 0 Å². The highest BCUT2D eigenvalue weighted by atomic mass is 79.9. The SMILES string of the molecule is O=C(O)[C@@H]1CCCN1C(=O)c1cc(Br)ccc1O. The molecule has 2 N–H and O–H groups in total. The molecule has 1 aromatic carbocycles. The van der Waals surface area contributed by atoms with Crippen LogP contribution in [0.3, 0.4) is 0 Å². The van der Waals surface area contributed by atoms with E-state index >= 15 is 0 Å². The first-order valence-electron chi connectivity index (χ1n) is 5.53. The van der Waals surface area contributed by atoms with Crippen LogP contribution in [-0.2, 0) is 4.79 Å². The molecule has 0 aliphatic carbocycles. The number of aromatic hydroxyl groups is 1. The van der Waals surface area contributed by atoms with Gasteiger partial charge in [0.2, 0.25) is 0 Å². The standard InChI is InChI=1S/C12H12BrNO4/c13-7-3-4-10(15)8(6-7)11(16)14-5-1-2-9(14)12(17)18/h3-4,6,9,15H,1-2,5H2,(H,17,18)/t9-/m0/s1. The Balaban J connectivity index is 2.31. The smallest absolute Gasteiger partial charge is 0.326 e. The minimum atomic E-state index is -1.00. The molecule has 1 aromatic rings. The summed E-state index contributed by atoms with van der Waals surface area (Å²) in [7, 11) is 0. The summed E-state index contributed by atoms with van der Waals surface area (Å²) in [5, 5.41) is 18.7. The fourth-order valence-electron chi connectivity index (χ4n) is 2.10. The van der Waals surface area contributed by atoms with Crippen LogP contribution >= 0.6 is 15.9 Å². The summed E-state index contributed by atoms with van der Waals surface area (Å²) in [4.78, 5) is 24.5. The highest BCUT2D eigenvalue weighted by Crippen LogP contribution is 2.27. The molecule has 1 fully saturated rings. The number of carbonyl (C=O) groups is 2. The van der Waals surface area contributed by atoms with Gasteiger partial charge in [-0.3, -0.25) is 4.79 Å². The monoisotopic (exact) mass is 313 g/mol. The molecular formula is C12H12BrNO4. The van der Waals surface area contributed by atoms with Crippen molar-refractivity contribution in [1.82, 2.24) is 4.90 Å². The summed E-state index contributed by atoms with van der Waals surface area (Å²) >= 11 is 3.22. The molecule has 1 atom stereocenters. The van der Waals surface area contributed by atoms with Crippen LogP contribution in [0.15, 0.2) is 22.7 Å². The van der Waals surface area contributed by atoms with Crippen molar-refractivity contribution in [3.8, 4) is 5.75 Å². The molecule has 1 saturated heterocycles. The lowest BCUT2D eigenvalue weighted by Crippen LogP contribution is -2.40. The van der Waals surface area contributed by atoms with Crippen LogP contribution in [0, 0.1) is 0 Å². The molecule has 96 valence electrons. The van der Waals surface area contributed by atoms with E-state index in [1.165, 1.54) is 17.0 Å². The number of phenols is 1. The van der Waals surface area contributed by atoms with Crippen molar-refractivity contribution in [2.24, 2.45) is 0 Å². The zero-order valence-corrected chi connectivity index (χ0v) is 11.1. The van der Waals surface area contributed by atoms with Gasteiger partial charge >= 0.3 is 5.97 Å². The first kappa shape index (κ1) is 12.9. The minimum Gasteiger partial charge on any atom is -0.507 e. The Labute approximate surface area is 112 Å². The molecule has 0 bridgehead atoms. The molecule has 1 heterocycles. The molecule has 0 aromatic heterocycles. The molecule has 0 saturated carbocycles. The zero-order chi connectivity index (χ0) is 13.3. The highest BCUT2D eigenvalue weighted by Gasteiger charge is 2.35. The number of carboxylic acid groups (broad SMARTS) is 1. The number of nitrogens with zero attached hydrogens (tertiary/aromatic N) is 1. The molecule has 0 unspecified atom stereocenters. The number of carbonyl (C=O) groups excluding carboxylic acids is 1. The molecule has 6 heteroatoms. The van der Waals surface area contributed by atoms with Crippen LogP contribution in [0.25, 0.3) is 0 Å². The van der Waals surface area contributed by atoms with E-state index in [0.717, 1.165) is 0 Å². The van der Waals surface area contributed by atoms with Crippen molar-refractivity contribution < 1.29 is 19.8 Å². The van der Waals surface area contributed by atoms with E-state index in [9.17, 15) is 14.7 Å². The predicted octanol–water partition coefficient (Wildman–Crippen LogP) is 1.84. The number of hydrogen-bond donors (Lipinski definition) is 2. The summed E-state index contributed by atoms with van der Waals surface area (Å²) in [6.07, 6.45) is 1.12. The van der Waals surface area contributed by atoms with Crippen molar-refractivity contribution >= 4 is 27.8 Å². The van der Waals surface area contributed by atoms with Crippen molar-refractivity contribution in [3.05, 3.63) is 28.2 Å². The molecule has 5 nitrogen and oxygen atoms in total. The van der Waals surface area contributed by atoms with Gasteiger partial charge in [-0.1, -0.05) is 15.9 Å². The van der Waals surface area contributed by atoms with Crippen molar-refractivity contribution in [3.63, 3.8) is 0 Å². The number of halogens is 1. The van der Waals surface area contributed by atoms with Crippen LogP contribution in [0.5, 0.6) is 5.75 Å². The highest BCUT2D eigenvalue weighted by molar-refractivity contribution is 9.10. The molecule has 1 aliphatic rings. The quantitative estimate of drug-likeness (QED) is 0.873. The Hall–Kier alpha value is -1.56. The number of carboxylic acids is 1. The van der Waals surface area contributed by atoms with Gasteiger partial charge in [-0.05, 0) is 31.0 Å². The van der Waals surface area contributed by atoms with Crippen molar-refractivity contribution in [2.75, 3.05) is 6.54 Å². The van der Waals surface area contributed by atoms with E-state index in [0.29, 0.717) is 23.9 Å². The Kier molecular flexibility index (Phi) is 3.56. The van der Waals surface area contributed by atoms with Crippen LogP contribution < -0.4 is 0 Å². The van der Waals surface area contributed by atoms with Gasteiger partial charge in [-0.15, -0.1) is 0 Å². The van der Waals surface area contributed by atoms with Crippen LogP contribution in [-0.4, -0.2) is 39.6 Å². The molecule has 2 rings (SSSR count). The van der Waals surface area contributed by atoms with Crippen LogP contribution in [0.2, 0.25) is 0 Å². The lowest BCUT2D eigenvalue weighted by atomic mass is 10.1. The summed E-state index contributed by atoms with van der Waals surface area (Å²) < 4.78 is 0.662. The number of rotatable bonds is 2. The number of hydrogen-bond acceptors (Lipinski definition) is 3. The topological polar surface area (TPSA) is 77.8 Å². The number of amides is 1. The third-order valence-corrected chi connectivity index (χ3v) is 3.48. The lowest BCUT2D eigenvalue weighted by Gasteiger charge is -2.21. The van der Waals surface area contributed by atoms with E-state index in [-0.39, 0.29) is 11.3 Å². The second kappa shape index (κ2) is 4.97. The van der Waals surface area contributed by atoms with E-state index < -0.39 is 17.9 Å². The third kappa shape index (κ3) is 2.33. The molecule has 1 amide bonds. The number of phenolic OH excluding ortho intramolecular Hbond substituents is 1. The Morgan fingerprint density at radius 2 is 2.11 bits per heavy atom. The maximum absolute atomic E-state index is 12.2. The Morgan fingerprint density at radius 1 is 1.39 bits per heavy atom. The van der Waals surface area contributed by atoms with Gasteiger partial charge in [0.1, 0.15) is 11.8 Å². The van der Waals surface area contributed by atoms with E-state index in [4.69, 9.17) is 5.11 Å². The first-order valence-corrected chi connectivity index (χ1v) is 6.32. The average Bonchev–Trinajstić information content (AvgIpc) is 2.80. The van der Waals surface area contributed by atoms with E-state index in [2.05, 4.69) is 15.9 Å². The maximum Gasteiger partial charge on any atom is 0.326 e. The Morgan fingerprint density at radius 3 is 2.78 bits per heavy atom. The fourth-order valence-corrected chi connectivity index (χ4v) is 2.46. The van der Waals surface area contributed by atoms with Gasteiger partial charge in [-0.25, -0.2) is 4.79 Å². The van der Waals surface area contributed by atoms with Crippen LogP contribution in [0.4, 0.5) is 0 Å². The maximum atomic E-state index is 12.2. The fraction of sp³-hybridized carbons (Fsp3) is 0.333. The average molecular weight is 314 g/mol. The van der Waals surface area contributed by atoms with Gasteiger partial charge in [-0.2, -0.15) is 0 Å². The van der Waals surface area contributed by atoms with Gasteiger partial charge in [0.15, 0.2) is 0 Å². The molecule has 18 heavy (non-hydrogen) atoms. The number of aliphatic carboxylic acids is 1. The summed E-state index contributed by atoms with van der Waals surface area (Å²) in [6.45, 7) is 0.405. The minimum absolute atomic E-state index is 0.123. The van der Waals surface area contributed by atoms with Crippen LogP contribution in [0.1, 0.15) is 23.2 Å². The number of likely N-dealkylation sites (tertiary alicyclic amines) is 1. The zero-order valence-electron chi connectivity index (χ0n) is 9.47. The third-order valence-electron chi connectivity index (χ3n) is 2.99. The normalized spacial score (nSPS) is 18.9. The molecule has 1 aliphatic heterocycles. The largest absolute Gasteiger partial charge is 0.507 e. The summed E-state index contributed by atoms with van der Waals surface area (Å²) in [5.41, 5.74) is 0.123. The lowest BCUT2D eigenvalue weighted by molar-refractivity contribution is -0.141. The van der Waals surface area contributed by atoms with Gasteiger partial charge in [0, 0.05) is 11.0 Å². The molecular weight excluding hydrogens is 302 g/mol. The van der Waals surface area contributed by atoms with Gasteiger partial charge < -0.3 is 15.1 Å². The molecule has 0 radical (unpaired) electrons. The second-order valence-corrected chi connectivity index (χ2v) is 5.07. The van der Waals surface area contributed by atoms with Gasteiger partial charge in [0.05, 0.1) is 5.56 Å². The predicted molar refractivity (Wildman–Crippen MR) is 67.5 cm³/mol. The summed E-state index contributed by atoms with van der Waals surface area (Å²) in [5.74, 6) is -1.59. The molecule has 0 spiro atoms. The van der Waals surface area contributed by atoms with Gasteiger partial charge in [0.25, 0.3) is 5.91 Å². The second-order valence-electron chi connectivity index (χ2n) is 4.16.